The lowest BCUT2D eigenvalue weighted by molar-refractivity contribution is -0.276. The van der Waals surface area contributed by atoms with E-state index in [-0.39, 0.29) is 24.7 Å². The summed E-state index contributed by atoms with van der Waals surface area (Å²) in [5.41, 5.74) is 4.78. The molecule has 7 atom stereocenters. The van der Waals surface area contributed by atoms with E-state index >= 15 is 0 Å². The average Bonchev–Trinajstić information content (AvgIpc) is 3.32. The molecule has 0 aromatic heterocycles. The fourth-order valence-electron chi connectivity index (χ4n) is 8.62. The van der Waals surface area contributed by atoms with Crippen molar-refractivity contribution in [1.29, 1.82) is 0 Å². The summed E-state index contributed by atoms with van der Waals surface area (Å²) >= 11 is 0. The van der Waals surface area contributed by atoms with Crippen molar-refractivity contribution in [1.82, 2.24) is 10.2 Å². The van der Waals surface area contributed by atoms with Crippen LogP contribution in [0.25, 0.3) is 0 Å². The highest BCUT2D eigenvalue weighted by atomic mass is 16.7. The summed E-state index contributed by atoms with van der Waals surface area (Å²) in [6.45, 7) is 11.3. The predicted octanol–water partition coefficient (Wildman–Crippen LogP) is 6.78. The summed E-state index contributed by atoms with van der Waals surface area (Å²) in [5.74, 6) is -0.445. The van der Waals surface area contributed by atoms with E-state index in [2.05, 4.69) is 43.2 Å². The van der Waals surface area contributed by atoms with Gasteiger partial charge in [0, 0.05) is 42.7 Å². The van der Waals surface area contributed by atoms with E-state index in [0.29, 0.717) is 29.0 Å². The van der Waals surface area contributed by atoms with Crippen molar-refractivity contribution in [3.8, 4) is 0 Å². The first-order valence-electron chi connectivity index (χ1n) is 17.5. The van der Waals surface area contributed by atoms with Crippen LogP contribution in [0.15, 0.2) is 78.9 Å². The molecular formula is C40H51N3O6. The van der Waals surface area contributed by atoms with Gasteiger partial charge in [-0.2, -0.15) is 0 Å². The number of hydrogen-bond donors (Lipinski definition) is 3. The van der Waals surface area contributed by atoms with Crippen LogP contribution in [0.1, 0.15) is 81.6 Å². The van der Waals surface area contributed by atoms with Gasteiger partial charge in [0.2, 0.25) is 0 Å². The molecule has 49 heavy (non-hydrogen) atoms. The first kappa shape index (κ1) is 35.1. The number of hydrogen-bond acceptors (Lipinski definition) is 7. The first-order chi connectivity index (χ1) is 23.4. The molecule has 2 unspecified atom stereocenters. The lowest BCUT2D eigenvalue weighted by Gasteiger charge is -2.43. The van der Waals surface area contributed by atoms with Crippen LogP contribution in [0, 0.1) is 16.7 Å². The highest BCUT2D eigenvalue weighted by Crippen LogP contribution is 2.53. The lowest BCUT2D eigenvalue weighted by Crippen LogP contribution is -2.46. The van der Waals surface area contributed by atoms with E-state index in [1.807, 2.05) is 72.8 Å². The van der Waals surface area contributed by atoms with Crippen LogP contribution in [0.3, 0.4) is 0 Å². The molecule has 0 spiro atoms. The zero-order valence-corrected chi connectivity index (χ0v) is 29.4. The van der Waals surface area contributed by atoms with Crippen molar-refractivity contribution in [3.05, 3.63) is 101 Å². The summed E-state index contributed by atoms with van der Waals surface area (Å²) < 4.78 is 18.5. The number of ether oxygens (including phenoxy) is 3. The number of amides is 2. The van der Waals surface area contributed by atoms with Gasteiger partial charge in [-0.05, 0) is 58.9 Å². The maximum Gasteiger partial charge on any atom is 0.328 e. The Labute approximate surface area is 290 Å². The van der Waals surface area contributed by atoms with Crippen molar-refractivity contribution in [2.45, 2.75) is 90.6 Å². The Hall–Kier alpha value is -3.76. The minimum Gasteiger partial charge on any atom is -0.467 e. The summed E-state index contributed by atoms with van der Waals surface area (Å²) in [4.78, 5) is 28.3. The maximum absolute atomic E-state index is 13.1. The normalized spacial score (nSPS) is 28.4. The highest BCUT2D eigenvalue weighted by molar-refractivity contribution is 5.92. The van der Waals surface area contributed by atoms with Gasteiger partial charge < -0.3 is 30.0 Å². The van der Waals surface area contributed by atoms with Crippen molar-refractivity contribution >= 4 is 17.7 Å². The number of methoxy groups -OCH3 is 1. The zero-order chi connectivity index (χ0) is 34.8. The summed E-state index contributed by atoms with van der Waals surface area (Å²) in [7, 11) is 1.31. The zero-order valence-electron chi connectivity index (χ0n) is 29.4. The van der Waals surface area contributed by atoms with Crippen molar-refractivity contribution < 1.29 is 28.9 Å². The fraction of sp³-hybridized carbons (Fsp3) is 0.500. The second kappa shape index (κ2) is 14.6. The van der Waals surface area contributed by atoms with Gasteiger partial charge in [0.15, 0.2) is 6.29 Å². The maximum atomic E-state index is 13.1. The number of benzene rings is 3. The molecule has 262 valence electrons. The Morgan fingerprint density at radius 3 is 2.43 bits per heavy atom. The molecule has 9 heteroatoms. The molecule has 2 saturated heterocycles. The number of aliphatic hydroxyl groups is 1. The van der Waals surface area contributed by atoms with Gasteiger partial charge in [-0.1, -0.05) is 94.4 Å². The van der Waals surface area contributed by atoms with E-state index in [1.54, 1.807) is 6.07 Å². The third-order valence-corrected chi connectivity index (χ3v) is 10.6. The van der Waals surface area contributed by atoms with Crippen molar-refractivity contribution in [2.24, 2.45) is 16.7 Å². The van der Waals surface area contributed by atoms with Crippen LogP contribution in [0.5, 0.6) is 0 Å². The summed E-state index contributed by atoms with van der Waals surface area (Å²) in [5, 5.41) is 15.3. The molecule has 1 saturated carbocycles. The Kier molecular flexibility index (Phi) is 10.5. The topological polar surface area (TPSA) is 109 Å². The second-order valence-electron chi connectivity index (χ2n) is 15.5. The van der Waals surface area contributed by atoms with Crippen molar-refractivity contribution in [2.75, 3.05) is 25.5 Å². The second-order valence-corrected chi connectivity index (χ2v) is 15.5. The number of esters is 1. The molecule has 3 aromatic rings. The van der Waals surface area contributed by atoms with Crippen LogP contribution in [-0.2, 0) is 32.0 Å². The lowest BCUT2D eigenvalue weighted by atomic mass is 9.65. The van der Waals surface area contributed by atoms with Gasteiger partial charge in [-0.15, -0.1) is 0 Å². The number of fused-ring (bicyclic) bond motifs is 2. The van der Waals surface area contributed by atoms with E-state index in [1.165, 1.54) is 26.4 Å². The Morgan fingerprint density at radius 2 is 1.71 bits per heavy atom. The van der Waals surface area contributed by atoms with Crippen LogP contribution in [-0.4, -0.2) is 60.4 Å². The van der Waals surface area contributed by atoms with E-state index in [0.717, 1.165) is 35.3 Å². The van der Waals surface area contributed by atoms with Gasteiger partial charge in [-0.25, -0.2) is 9.59 Å². The van der Waals surface area contributed by atoms with Gasteiger partial charge >= 0.3 is 12.0 Å². The Morgan fingerprint density at radius 1 is 0.959 bits per heavy atom. The van der Waals surface area contributed by atoms with Gasteiger partial charge in [0.05, 0.1) is 25.9 Å². The van der Waals surface area contributed by atoms with Crippen molar-refractivity contribution in [3.63, 3.8) is 0 Å². The Bertz CT molecular complexity index is 1600. The first-order valence-corrected chi connectivity index (χ1v) is 17.5. The van der Waals surface area contributed by atoms with Gasteiger partial charge in [-0.3, -0.25) is 4.90 Å². The minimum absolute atomic E-state index is 0.0127. The predicted molar refractivity (Wildman–Crippen MR) is 189 cm³/mol. The van der Waals surface area contributed by atoms with Crippen LogP contribution >= 0.6 is 0 Å². The number of rotatable bonds is 10. The minimum atomic E-state index is -0.848. The molecule has 3 N–H and O–H groups in total. The van der Waals surface area contributed by atoms with E-state index in [9.17, 15) is 14.7 Å². The molecule has 1 aliphatic carbocycles. The number of carbonyl (C=O) groups is 2. The number of aliphatic hydroxyl groups excluding tert-OH is 1. The standard InChI is InChI=1S/C40H51N3O6/c1-26-34(22-43-25-40(4)21-32(43)20-39(2,3)24-40)48-37(49-35(26)29-16-14-28(23-44)15-17-29)30-12-9-13-31(19-30)41-38(46)42-33(36(45)47-5)18-27-10-7-6-8-11-27/h6-17,19,26,32-35,37,44H,18,20-25H2,1-5H3,(H2,41,42,46)/t26-,32?,33+,34+,35+,37+,40?/m1/s1. The number of anilines is 1. The molecule has 2 amide bonds. The van der Waals surface area contributed by atoms with E-state index < -0.39 is 24.3 Å². The molecule has 3 aromatic carbocycles. The third kappa shape index (κ3) is 8.35. The number of carbonyl (C=O) groups excluding carboxylic acids is 2. The molecular weight excluding hydrogens is 618 g/mol. The molecule has 9 nitrogen and oxygen atoms in total. The number of likely N-dealkylation sites (tertiary alicyclic amines) is 1. The van der Waals surface area contributed by atoms with Gasteiger partial charge in [0.1, 0.15) is 6.04 Å². The molecule has 2 aliphatic heterocycles. The smallest absolute Gasteiger partial charge is 0.328 e. The SMILES string of the molecule is COC(=O)[C@H](Cc1ccccc1)NC(=O)Nc1cccc([C@H]2O[C@@H](CN3CC4(C)CC3CC(C)(C)C4)[C@@H](C)[C@@H](c3ccc(CO)cc3)O2)c1. The third-order valence-electron chi connectivity index (χ3n) is 10.6. The largest absolute Gasteiger partial charge is 0.467 e. The molecule has 0 radical (unpaired) electrons. The molecule has 3 fully saturated rings. The Balaban J connectivity index is 1.20. The van der Waals surface area contributed by atoms with Crippen LogP contribution < -0.4 is 10.6 Å². The number of urea groups is 1. The molecule has 3 aliphatic rings. The van der Waals surface area contributed by atoms with Gasteiger partial charge in [0.25, 0.3) is 0 Å². The van der Waals surface area contributed by atoms with Crippen LogP contribution in [0.4, 0.5) is 10.5 Å². The van der Waals surface area contributed by atoms with E-state index in [4.69, 9.17) is 14.2 Å². The summed E-state index contributed by atoms with van der Waals surface area (Å²) in [6, 6.07) is 24.1. The highest BCUT2D eigenvalue weighted by Gasteiger charge is 2.51. The van der Waals surface area contributed by atoms with Crippen LogP contribution in [0.2, 0.25) is 0 Å². The molecule has 6 rings (SSSR count). The monoisotopic (exact) mass is 669 g/mol. The molecule has 2 heterocycles. The molecule has 2 bridgehead atoms. The summed E-state index contributed by atoms with van der Waals surface area (Å²) in [6.07, 6.45) is 2.97. The average molecular weight is 670 g/mol. The quantitative estimate of drug-likeness (QED) is 0.204. The number of nitrogens with zero attached hydrogens (tertiary/aromatic N) is 1. The number of nitrogens with one attached hydrogen (secondary N) is 2. The fourth-order valence-corrected chi connectivity index (χ4v) is 8.62.